The zero-order valence-corrected chi connectivity index (χ0v) is 16.0. The van der Waals surface area contributed by atoms with E-state index in [-0.39, 0.29) is 5.91 Å². The lowest BCUT2D eigenvalue weighted by atomic mass is 10.0. The number of nitrogens with one attached hydrogen (secondary N) is 1. The minimum atomic E-state index is -0.452. The minimum Gasteiger partial charge on any atom is -0.388 e. The molecule has 1 unspecified atom stereocenters. The molecule has 0 saturated carbocycles. The van der Waals surface area contributed by atoms with Gasteiger partial charge < -0.3 is 15.3 Å². The number of aliphatic hydroxyl groups is 1. The van der Waals surface area contributed by atoms with Crippen molar-refractivity contribution in [2.75, 3.05) is 37.6 Å². The highest BCUT2D eigenvalue weighted by Gasteiger charge is 2.18. The molecule has 1 aliphatic heterocycles. The average Bonchev–Trinajstić information content (AvgIpc) is 2.72. The van der Waals surface area contributed by atoms with E-state index in [1.807, 2.05) is 30.3 Å². The van der Waals surface area contributed by atoms with Crippen molar-refractivity contribution in [1.29, 1.82) is 0 Å². The number of benzene rings is 2. The molecule has 1 saturated heterocycles. The number of aliphatic hydroxyl groups excluding tert-OH is 1. The fourth-order valence-corrected chi connectivity index (χ4v) is 3.42. The molecule has 1 amide bonds. The van der Waals surface area contributed by atoms with Crippen LogP contribution in [0.25, 0.3) is 0 Å². The molecule has 1 heterocycles. The van der Waals surface area contributed by atoms with Gasteiger partial charge in [-0.15, -0.1) is 0 Å². The molecule has 2 aromatic carbocycles. The largest absolute Gasteiger partial charge is 0.388 e. The van der Waals surface area contributed by atoms with Crippen molar-refractivity contribution in [2.45, 2.75) is 26.0 Å². The molecule has 3 rings (SSSR count). The summed E-state index contributed by atoms with van der Waals surface area (Å²) in [5, 5.41) is 13.3. The number of hydrogen-bond donors (Lipinski definition) is 2. The minimum absolute atomic E-state index is 0.0357. The third kappa shape index (κ3) is 5.81. The number of carbonyl (C=O) groups excluding carboxylic acids is 1. The molecular weight excluding hydrogens is 338 g/mol. The van der Waals surface area contributed by atoms with Crippen LogP contribution < -0.4 is 10.2 Å². The molecule has 5 nitrogen and oxygen atoms in total. The van der Waals surface area contributed by atoms with Crippen molar-refractivity contribution in [2.24, 2.45) is 0 Å². The lowest BCUT2D eigenvalue weighted by Gasteiger charge is -2.36. The van der Waals surface area contributed by atoms with E-state index in [0.29, 0.717) is 6.54 Å². The van der Waals surface area contributed by atoms with Gasteiger partial charge in [0.05, 0.1) is 6.10 Å². The number of amides is 1. The van der Waals surface area contributed by atoms with Crippen LogP contribution in [0.4, 0.5) is 5.69 Å². The van der Waals surface area contributed by atoms with Crippen molar-refractivity contribution in [3.63, 3.8) is 0 Å². The molecule has 27 heavy (non-hydrogen) atoms. The van der Waals surface area contributed by atoms with E-state index in [1.54, 1.807) is 0 Å². The van der Waals surface area contributed by atoms with Crippen LogP contribution in [-0.2, 0) is 11.3 Å². The van der Waals surface area contributed by atoms with E-state index in [4.69, 9.17) is 0 Å². The molecule has 144 valence electrons. The third-order valence-corrected chi connectivity index (χ3v) is 5.12. The Morgan fingerprint density at radius 2 is 1.70 bits per heavy atom. The molecule has 0 aliphatic carbocycles. The summed E-state index contributed by atoms with van der Waals surface area (Å²) in [6.45, 7) is 7.04. The molecule has 0 aromatic heterocycles. The second-order valence-corrected chi connectivity index (χ2v) is 7.12. The van der Waals surface area contributed by atoms with E-state index in [1.165, 1.54) is 12.6 Å². The van der Waals surface area contributed by atoms with Gasteiger partial charge >= 0.3 is 0 Å². The fraction of sp³-hybridized carbons (Fsp3) is 0.409. The third-order valence-electron chi connectivity index (χ3n) is 5.12. The number of carbonyl (C=O) groups is 1. The molecule has 2 aromatic rings. The molecule has 5 heteroatoms. The quantitative estimate of drug-likeness (QED) is 0.790. The van der Waals surface area contributed by atoms with Gasteiger partial charge in [-0.05, 0) is 29.7 Å². The zero-order chi connectivity index (χ0) is 19.1. The lowest BCUT2D eigenvalue weighted by Crippen LogP contribution is -2.46. The Balaban J connectivity index is 1.42. The SMILES string of the molecule is CC(=O)NCc1ccc(C(O)CCN2CCN(c3ccccc3)CC2)cc1. The van der Waals surface area contributed by atoms with Crippen molar-refractivity contribution in [3.8, 4) is 0 Å². The summed E-state index contributed by atoms with van der Waals surface area (Å²) in [5.41, 5.74) is 3.26. The molecule has 1 atom stereocenters. The molecule has 1 fully saturated rings. The monoisotopic (exact) mass is 367 g/mol. The smallest absolute Gasteiger partial charge is 0.217 e. The van der Waals surface area contributed by atoms with Gasteiger partial charge in [-0.1, -0.05) is 42.5 Å². The highest BCUT2D eigenvalue weighted by molar-refractivity contribution is 5.72. The zero-order valence-electron chi connectivity index (χ0n) is 16.0. The van der Waals surface area contributed by atoms with Crippen LogP contribution in [0.2, 0.25) is 0 Å². The maximum absolute atomic E-state index is 11.0. The Kier molecular flexibility index (Phi) is 6.85. The normalized spacial score (nSPS) is 16.1. The molecule has 0 spiro atoms. The maximum Gasteiger partial charge on any atom is 0.217 e. The Labute approximate surface area is 161 Å². The van der Waals surface area contributed by atoms with E-state index < -0.39 is 6.10 Å². The van der Waals surface area contributed by atoms with Crippen LogP contribution in [0.3, 0.4) is 0 Å². The molecule has 2 N–H and O–H groups in total. The number of anilines is 1. The van der Waals surface area contributed by atoms with E-state index in [9.17, 15) is 9.90 Å². The topological polar surface area (TPSA) is 55.8 Å². The summed E-state index contributed by atoms with van der Waals surface area (Å²) < 4.78 is 0. The van der Waals surface area contributed by atoms with Crippen LogP contribution >= 0.6 is 0 Å². The summed E-state index contributed by atoms with van der Waals surface area (Å²) in [5.74, 6) is -0.0357. The first-order valence-corrected chi connectivity index (χ1v) is 9.65. The number of hydrogen-bond acceptors (Lipinski definition) is 4. The first kappa shape index (κ1) is 19.4. The maximum atomic E-state index is 11.0. The fourth-order valence-electron chi connectivity index (χ4n) is 3.42. The van der Waals surface area contributed by atoms with Crippen molar-refractivity contribution in [1.82, 2.24) is 10.2 Å². The summed E-state index contributed by atoms with van der Waals surface area (Å²) in [4.78, 5) is 15.8. The van der Waals surface area contributed by atoms with Gasteiger partial charge in [0.1, 0.15) is 0 Å². The predicted octanol–water partition coefficient (Wildman–Crippen LogP) is 2.57. The summed E-state index contributed by atoms with van der Waals surface area (Å²) in [7, 11) is 0. The van der Waals surface area contributed by atoms with E-state index in [0.717, 1.165) is 50.3 Å². The van der Waals surface area contributed by atoms with Crippen LogP contribution in [0.15, 0.2) is 54.6 Å². The van der Waals surface area contributed by atoms with Crippen molar-refractivity contribution in [3.05, 3.63) is 65.7 Å². The Hall–Kier alpha value is -2.37. The second kappa shape index (κ2) is 9.53. The number of rotatable bonds is 7. The van der Waals surface area contributed by atoms with Gasteiger partial charge in [-0.2, -0.15) is 0 Å². The van der Waals surface area contributed by atoms with Crippen LogP contribution in [0, 0.1) is 0 Å². The average molecular weight is 367 g/mol. The molecular formula is C22H29N3O2. The van der Waals surface area contributed by atoms with Gasteiger partial charge in [-0.25, -0.2) is 0 Å². The first-order valence-electron chi connectivity index (χ1n) is 9.65. The summed E-state index contributed by atoms with van der Waals surface area (Å²) >= 11 is 0. The number of nitrogens with zero attached hydrogens (tertiary/aromatic N) is 2. The highest BCUT2D eigenvalue weighted by Crippen LogP contribution is 2.20. The Morgan fingerprint density at radius 3 is 2.33 bits per heavy atom. The van der Waals surface area contributed by atoms with Gasteiger partial charge in [0.2, 0.25) is 5.91 Å². The van der Waals surface area contributed by atoms with Crippen molar-refractivity contribution < 1.29 is 9.90 Å². The van der Waals surface area contributed by atoms with Crippen LogP contribution in [-0.4, -0.2) is 48.6 Å². The Bertz CT molecular complexity index is 710. The molecule has 0 bridgehead atoms. The van der Waals surface area contributed by atoms with Gasteiger partial charge in [0, 0.05) is 51.9 Å². The first-order chi connectivity index (χ1) is 13.1. The van der Waals surface area contributed by atoms with Gasteiger partial charge in [-0.3, -0.25) is 9.69 Å². The number of para-hydroxylation sites is 1. The summed E-state index contributed by atoms with van der Waals surface area (Å²) in [6, 6.07) is 18.4. The molecule has 1 aliphatic rings. The predicted molar refractivity (Wildman–Crippen MR) is 109 cm³/mol. The summed E-state index contributed by atoms with van der Waals surface area (Å²) in [6.07, 6.45) is 0.281. The molecule has 0 radical (unpaired) electrons. The Morgan fingerprint density at radius 1 is 1.04 bits per heavy atom. The van der Waals surface area contributed by atoms with Gasteiger partial charge in [0.15, 0.2) is 0 Å². The number of piperazine rings is 1. The van der Waals surface area contributed by atoms with Crippen molar-refractivity contribution >= 4 is 11.6 Å². The second-order valence-electron chi connectivity index (χ2n) is 7.12. The van der Waals surface area contributed by atoms with Gasteiger partial charge in [0.25, 0.3) is 0 Å². The van der Waals surface area contributed by atoms with E-state index >= 15 is 0 Å². The van der Waals surface area contributed by atoms with Crippen LogP contribution in [0.1, 0.15) is 30.6 Å². The van der Waals surface area contributed by atoms with Crippen LogP contribution in [0.5, 0.6) is 0 Å². The van der Waals surface area contributed by atoms with E-state index in [2.05, 4.69) is 39.4 Å². The lowest BCUT2D eigenvalue weighted by molar-refractivity contribution is -0.119. The standard InChI is InChI=1S/C22H29N3O2/c1-18(26)23-17-19-7-9-20(10-8-19)22(27)11-12-24-13-15-25(16-14-24)21-5-3-2-4-6-21/h2-10,22,27H,11-17H2,1H3,(H,23,26). The highest BCUT2D eigenvalue weighted by atomic mass is 16.3.